The Morgan fingerprint density at radius 1 is 0.500 bits per heavy atom. The number of likely N-dealkylation sites (N-methyl/N-ethyl adjacent to an activating group) is 2. The molecule has 0 aliphatic heterocycles. The van der Waals surface area contributed by atoms with Gasteiger partial charge in [0.2, 0.25) is 0 Å². The first kappa shape index (κ1) is 52.9. The van der Waals surface area contributed by atoms with Gasteiger partial charge in [-0.1, -0.05) is 123 Å². The second-order valence-electron chi connectivity index (χ2n) is 20.0. The number of ether oxygens (including phenoxy) is 2. The molecule has 0 bridgehead atoms. The Kier molecular flexibility index (Phi) is 16.8. The highest BCUT2D eigenvalue weighted by Crippen LogP contribution is 2.45. The number of fused-ring (bicyclic) bond motifs is 2. The number of nitro groups is 1. The zero-order valence-corrected chi connectivity index (χ0v) is 45.4. The number of allylic oxidation sites excluding steroid dienone is 2. The molecule has 2 aromatic heterocycles. The smallest absolute Gasteiger partial charge is 0.269 e. The largest absolute Gasteiger partial charge is 0.492 e. The third-order valence-corrected chi connectivity index (χ3v) is 14.6. The minimum Gasteiger partial charge on any atom is -0.492 e. The van der Waals surface area contributed by atoms with E-state index in [9.17, 15) is 10.1 Å². The Hall–Kier alpha value is -7.98. The van der Waals surface area contributed by atoms with Crippen molar-refractivity contribution in [3.63, 3.8) is 0 Å². The fourth-order valence-electron chi connectivity index (χ4n) is 10.7. The van der Waals surface area contributed by atoms with Crippen LogP contribution in [0.3, 0.4) is 0 Å². The summed E-state index contributed by atoms with van der Waals surface area (Å²) in [4.78, 5) is 16.1. The highest BCUT2D eigenvalue weighted by molar-refractivity contribution is 6.02. The number of aryl methyl sites for hydroxylation is 2. The Balaban J connectivity index is 1.24. The Labute approximate surface area is 449 Å². The van der Waals surface area contributed by atoms with Crippen molar-refractivity contribution < 1.29 is 14.4 Å². The fraction of sp³-hybridized carbons (Fsp3) is 0.254. The first-order chi connectivity index (χ1) is 37.0. The van der Waals surface area contributed by atoms with Gasteiger partial charge in [0.1, 0.15) is 24.7 Å². The molecule has 0 saturated carbocycles. The van der Waals surface area contributed by atoms with E-state index in [1.54, 1.807) is 12.1 Å². The zero-order valence-electron chi connectivity index (χ0n) is 45.4. The Morgan fingerprint density at radius 3 is 1.24 bits per heavy atom. The van der Waals surface area contributed by atoms with Crippen molar-refractivity contribution in [2.24, 2.45) is 0 Å². The number of aromatic nitrogens is 2. The average molecular weight is 1010 g/mol. The molecule has 0 spiro atoms. The molecule has 9 aromatic rings. The van der Waals surface area contributed by atoms with E-state index in [0.29, 0.717) is 13.2 Å². The summed E-state index contributed by atoms with van der Waals surface area (Å²) in [5.74, 6) is 1.42. The van der Waals surface area contributed by atoms with Crippen LogP contribution in [0.2, 0.25) is 0 Å². The van der Waals surface area contributed by atoms with Gasteiger partial charge in [0, 0.05) is 78.4 Å². The maximum absolute atomic E-state index is 12.2. The molecule has 9 heteroatoms. The van der Waals surface area contributed by atoms with Crippen LogP contribution in [-0.4, -0.2) is 78.4 Å². The van der Waals surface area contributed by atoms with Crippen molar-refractivity contribution in [2.75, 3.05) is 54.5 Å². The number of rotatable bonds is 22. The minimum absolute atomic E-state index is 0.0673. The molecule has 0 saturated heterocycles. The standard InChI is InChI=1S/C67H71N5O4/c1-9-57(65(47-19-15-13-16-20-47)49-25-33-55(34-26-49)75-41-39-68(5)6)52-29-37-63-59(43-52)61(45-70(63)11-3)67(51-23-31-54(32-24-51)72(73)74)62-46-71(12-4)64-38-30-53(44-60(62)64)58(10-2)66(48-21-17-14-18-22-48)50-27-35-56(36-28-50)76-42-40-69(7)8/h13-38,43-46,67H,9-12,39-42H2,1-8H3/b65-57-,66-58-. The number of nitrogens with zero attached hydrogens (tertiary/aromatic N) is 5. The van der Waals surface area contributed by atoms with Gasteiger partial charge in [-0.2, -0.15) is 0 Å². The molecule has 0 atom stereocenters. The second kappa shape index (κ2) is 24.1. The molecule has 0 unspecified atom stereocenters. The molecule has 0 radical (unpaired) electrons. The normalized spacial score (nSPS) is 12.8. The molecule has 9 rings (SSSR count). The van der Waals surface area contributed by atoms with E-state index in [0.717, 1.165) is 122 Å². The summed E-state index contributed by atoms with van der Waals surface area (Å²) >= 11 is 0. The molecule has 0 aliphatic rings. The Morgan fingerprint density at radius 2 is 0.882 bits per heavy atom. The van der Waals surface area contributed by atoms with Crippen LogP contribution in [-0.2, 0) is 13.1 Å². The average Bonchev–Trinajstić information content (AvgIpc) is 4.02. The van der Waals surface area contributed by atoms with Crippen LogP contribution >= 0.6 is 0 Å². The monoisotopic (exact) mass is 1010 g/mol. The van der Waals surface area contributed by atoms with Crippen molar-refractivity contribution in [1.82, 2.24) is 18.9 Å². The molecular formula is C67H71N5O4. The topological polar surface area (TPSA) is 77.9 Å². The third-order valence-electron chi connectivity index (χ3n) is 14.6. The van der Waals surface area contributed by atoms with Gasteiger partial charge in [-0.05, 0) is 176 Å². The van der Waals surface area contributed by atoms with Gasteiger partial charge in [0.25, 0.3) is 5.69 Å². The van der Waals surface area contributed by atoms with E-state index < -0.39 is 0 Å². The SMILES string of the molecule is CC/C(=C(\c1ccccc1)c1ccc(OCCN(C)C)cc1)c1ccc2c(c1)c(C(c1ccc([N+](=O)[O-])cc1)c1cn(CC)c3ccc(/C(CC)=C(/c4ccccc4)c4ccc(OCCN(C)C)cc4)cc13)cn2CC. The molecule has 0 N–H and O–H groups in total. The first-order valence-electron chi connectivity index (χ1n) is 26.8. The van der Waals surface area contributed by atoms with Gasteiger partial charge >= 0.3 is 0 Å². The van der Waals surface area contributed by atoms with Gasteiger partial charge in [-0.3, -0.25) is 10.1 Å². The summed E-state index contributed by atoms with van der Waals surface area (Å²) in [6, 6.07) is 59.6. The summed E-state index contributed by atoms with van der Waals surface area (Å²) in [6.45, 7) is 13.3. The summed E-state index contributed by atoms with van der Waals surface area (Å²) in [5.41, 5.74) is 17.3. The van der Waals surface area contributed by atoms with Gasteiger partial charge in [0.15, 0.2) is 0 Å². The highest BCUT2D eigenvalue weighted by Gasteiger charge is 2.28. The van der Waals surface area contributed by atoms with Gasteiger partial charge < -0.3 is 28.4 Å². The minimum atomic E-state index is -0.313. The van der Waals surface area contributed by atoms with Crippen molar-refractivity contribution >= 4 is 49.8 Å². The molecule has 9 nitrogen and oxygen atoms in total. The quantitative estimate of drug-likeness (QED) is 0.0382. The van der Waals surface area contributed by atoms with Crippen LogP contribution in [0.4, 0.5) is 5.69 Å². The van der Waals surface area contributed by atoms with Crippen LogP contribution in [0.25, 0.3) is 44.1 Å². The lowest BCUT2D eigenvalue weighted by atomic mass is 9.83. The lowest BCUT2D eigenvalue weighted by molar-refractivity contribution is -0.384. The second-order valence-corrected chi connectivity index (χ2v) is 20.0. The maximum Gasteiger partial charge on any atom is 0.269 e. The van der Waals surface area contributed by atoms with Gasteiger partial charge in [0.05, 0.1) is 4.92 Å². The molecule has 0 fully saturated rings. The summed E-state index contributed by atoms with van der Waals surface area (Å²) in [6.07, 6.45) is 6.24. The predicted octanol–water partition coefficient (Wildman–Crippen LogP) is 15.3. The summed E-state index contributed by atoms with van der Waals surface area (Å²) in [5, 5.41) is 14.5. The number of hydrogen-bond donors (Lipinski definition) is 0. The number of nitro benzene ring substituents is 1. The van der Waals surface area contributed by atoms with Crippen molar-refractivity contribution in [2.45, 2.75) is 59.5 Å². The highest BCUT2D eigenvalue weighted by atomic mass is 16.6. The molecule has 76 heavy (non-hydrogen) atoms. The van der Waals surface area contributed by atoms with Crippen LogP contribution < -0.4 is 9.47 Å². The van der Waals surface area contributed by atoms with Gasteiger partial charge in [-0.25, -0.2) is 0 Å². The van der Waals surface area contributed by atoms with E-state index in [2.05, 4.69) is 233 Å². The fourth-order valence-corrected chi connectivity index (χ4v) is 10.7. The lowest BCUT2D eigenvalue weighted by Crippen LogP contribution is -2.19. The molecule has 0 amide bonds. The van der Waals surface area contributed by atoms with Crippen LogP contribution in [0.5, 0.6) is 11.5 Å². The number of benzene rings is 7. The van der Waals surface area contributed by atoms with E-state index >= 15 is 0 Å². The van der Waals surface area contributed by atoms with E-state index in [-0.39, 0.29) is 16.5 Å². The summed E-state index contributed by atoms with van der Waals surface area (Å²) in [7, 11) is 8.21. The zero-order chi connectivity index (χ0) is 53.3. The van der Waals surface area contributed by atoms with Gasteiger partial charge in [-0.15, -0.1) is 0 Å². The number of non-ortho nitro benzene ring substituents is 1. The molecular weight excluding hydrogens is 939 g/mol. The van der Waals surface area contributed by atoms with E-state index in [1.807, 2.05) is 12.1 Å². The van der Waals surface area contributed by atoms with E-state index in [1.165, 1.54) is 22.3 Å². The van der Waals surface area contributed by atoms with Crippen LogP contribution in [0, 0.1) is 10.1 Å². The molecule has 7 aromatic carbocycles. The van der Waals surface area contributed by atoms with E-state index in [4.69, 9.17) is 9.47 Å². The number of hydrogen-bond acceptors (Lipinski definition) is 6. The summed E-state index contributed by atoms with van der Waals surface area (Å²) < 4.78 is 17.0. The van der Waals surface area contributed by atoms with Crippen molar-refractivity contribution in [3.05, 3.63) is 242 Å². The molecule has 2 heterocycles. The predicted molar refractivity (Wildman–Crippen MR) is 316 cm³/mol. The Bertz CT molecular complexity index is 3270. The first-order valence-corrected chi connectivity index (χ1v) is 26.8. The van der Waals surface area contributed by atoms with Crippen molar-refractivity contribution in [3.8, 4) is 11.5 Å². The maximum atomic E-state index is 12.2. The van der Waals surface area contributed by atoms with Crippen LogP contribution in [0.1, 0.15) is 96.5 Å². The molecule has 388 valence electrons. The molecule has 0 aliphatic carbocycles. The lowest BCUT2D eigenvalue weighted by Gasteiger charge is -2.20. The third kappa shape index (κ3) is 11.5. The van der Waals surface area contributed by atoms with Crippen LogP contribution in [0.15, 0.2) is 182 Å². The van der Waals surface area contributed by atoms with Crippen molar-refractivity contribution in [1.29, 1.82) is 0 Å².